The lowest BCUT2D eigenvalue weighted by Crippen LogP contribution is -2.13. The van der Waals surface area contributed by atoms with Crippen molar-refractivity contribution in [3.63, 3.8) is 0 Å². The van der Waals surface area contributed by atoms with Crippen LogP contribution in [0.5, 0.6) is 0 Å². The average Bonchev–Trinajstić information content (AvgIpc) is 3.12. The van der Waals surface area contributed by atoms with Gasteiger partial charge in [-0.25, -0.2) is 0 Å². The molecule has 4 nitrogen and oxygen atoms in total. The number of amides is 1. The van der Waals surface area contributed by atoms with Gasteiger partial charge in [-0.2, -0.15) is 4.99 Å². The molecule has 2 aromatic heterocycles. The number of thiazole rings is 1. The highest BCUT2D eigenvalue weighted by atomic mass is 32.1. The Morgan fingerprint density at radius 3 is 2.48 bits per heavy atom. The second-order valence-corrected chi connectivity index (χ2v) is 5.61. The summed E-state index contributed by atoms with van der Waals surface area (Å²) in [7, 11) is 1.88. The number of carbonyl (C=O) groups excluding carboxylic acids is 1. The summed E-state index contributed by atoms with van der Waals surface area (Å²) >= 11 is 1.46. The Labute approximate surface area is 126 Å². The highest BCUT2D eigenvalue weighted by Crippen LogP contribution is 2.10. The van der Waals surface area contributed by atoms with Crippen molar-refractivity contribution in [2.45, 2.75) is 6.42 Å². The number of nitrogens with zero attached hydrogens (tertiary/aromatic N) is 3. The minimum Gasteiger partial charge on any atom is -0.327 e. The van der Waals surface area contributed by atoms with Gasteiger partial charge in [-0.3, -0.25) is 4.79 Å². The summed E-state index contributed by atoms with van der Waals surface area (Å²) in [5, 5.41) is 1.91. The largest absolute Gasteiger partial charge is 0.327 e. The number of benzene rings is 1. The fourth-order valence-corrected chi connectivity index (χ4v) is 2.79. The van der Waals surface area contributed by atoms with Crippen LogP contribution in [0, 0.1) is 0 Å². The molecule has 106 valence electrons. The van der Waals surface area contributed by atoms with Gasteiger partial charge in [0.05, 0.1) is 6.42 Å². The van der Waals surface area contributed by atoms with Crippen LogP contribution in [0.3, 0.4) is 0 Å². The van der Waals surface area contributed by atoms with E-state index in [1.165, 1.54) is 11.3 Å². The van der Waals surface area contributed by atoms with E-state index in [2.05, 4.69) is 4.99 Å². The lowest BCUT2D eigenvalue weighted by molar-refractivity contribution is -0.117. The van der Waals surface area contributed by atoms with Crippen molar-refractivity contribution >= 4 is 17.2 Å². The molecule has 21 heavy (non-hydrogen) atoms. The van der Waals surface area contributed by atoms with E-state index in [1.54, 1.807) is 0 Å². The quantitative estimate of drug-likeness (QED) is 0.732. The molecule has 0 radical (unpaired) electrons. The molecule has 0 aliphatic heterocycles. The summed E-state index contributed by atoms with van der Waals surface area (Å²) in [5.41, 5.74) is 2.05. The van der Waals surface area contributed by atoms with E-state index in [0.29, 0.717) is 6.42 Å². The van der Waals surface area contributed by atoms with Crippen LogP contribution in [0.15, 0.2) is 65.4 Å². The predicted molar refractivity (Wildman–Crippen MR) is 83.3 cm³/mol. The van der Waals surface area contributed by atoms with Gasteiger partial charge in [0.1, 0.15) is 0 Å². The summed E-state index contributed by atoms with van der Waals surface area (Å²) in [4.78, 5) is 16.8. The molecule has 0 spiro atoms. The van der Waals surface area contributed by atoms with Crippen LogP contribution in [0.1, 0.15) is 5.56 Å². The minimum atomic E-state index is -0.123. The van der Waals surface area contributed by atoms with Crippen molar-refractivity contribution in [1.82, 2.24) is 9.13 Å². The average molecular weight is 297 g/mol. The SMILES string of the molecule is Cn1ccsc1=NC(=O)Cc1ccc(-n2cccc2)cc1. The van der Waals surface area contributed by atoms with Gasteiger partial charge in [-0.1, -0.05) is 12.1 Å². The molecule has 1 aromatic carbocycles. The van der Waals surface area contributed by atoms with Crippen LogP contribution in [0.2, 0.25) is 0 Å². The van der Waals surface area contributed by atoms with Gasteiger partial charge in [-0.15, -0.1) is 11.3 Å². The van der Waals surface area contributed by atoms with Gasteiger partial charge < -0.3 is 9.13 Å². The van der Waals surface area contributed by atoms with Gasteiger partial charge in [0, 0.05) is 36.7 Å². The zero-order valence-corrected chi connectivity index (χ0v) is 12.5. The Kier molecular flexibility index (Phi) is 3.83. The summed E-state index contributed by atoms with van der Waals surface area (Å²) in [6, 6.07) is 11.9. The Morgan fingerprint density at radius 2 is 1.86 bits per heavy atom. The molecule has 5 heteroatoms. The van der Waals surface area contributed by atoms with Gasteiger partial charge in [-0.05, 0) is 29.8 Å². The molecule has 2 heterocycles. The molecule has 0 saturated carbocycles. The molecule has 0 N–H and O–H groups in total. The van der Waals surface area contributed by atoms with E-state index in [-0.39, 0.29) is 5.91 Å². The maximum Gasteiger partial charge on any atom is 0.252 e. The van der Waals surface area contributed by atoms with Crippen LogP contribution in [0.25, 0.3) is 5.69 Å². The molecule has 0 saturated heterocycles. The van der Waals surface area contributed by atoms with Crippen LogP contribution in [0.4, 0.5) is 0 Å². The summed E-state index contributed by atoms with van der Waals surface area (Å²) in [6.07, 6.45) is 6.20. The van der Waals surface area contributed by atoms with Crippen molar-refractivity contribution in [3.05, 3.63) is 70.7 Å². The summed E-state index contributed by atoms with van der Waals surface area (Å²) in [5.74, 6) is -0.123. The third kappa shape index (κ3) is 3.20. The lowest BCUT2D eigenvalue weighted by atomic mass is 10.1. The number of hydrogen-bond acceptors (Lipinski definition) is 2. The molecule has 0 unspecified atom stereocenters. The zero-order valence-electron chi connectivity index (χ0n) is 11.6. The molecule has 0 fully saturated rings. The molecule has 3 aromatic rings. The molecular formula is C16H15N3OS. The number of aromatic nitrogens is 2. The maximum absolute atomic E-state index is 12.0. The Balaban J connectivity index is 1.74. The molecule has 0 bridgehead atoms. The highest BCUT2D eigenvalue weighted by molar-refractivity contribution is 7.07. The third-order valence-corrected chi connectivity index (χ3v) is 4.02. The Hall–Kier alpha value is -2.40. The van der Waals surface area contributed by atoms with Gasteiger partial charge >= 0.3 is 0 Å². The van der Waals surface area contributed by atoms with Crippen molar-refractivity contribution in [1.29, 1.82) is 0 Å². The van der Waals surface area contributed by atoms with Crippen molar-refractivity contribution in [3.8, 4) is 5.69 Å². The molecular weight excluding hydrogens is 282 g/mol. The van der Waals surface area contributed by atoms with Gasteiger partial charge in [0.15, 0.2) is 4.80 Å². The predicted octanol–water partition coefficient (Wildman–Crippen LogP) is 2.55. The van der Waals surface area contributed by atoms with Crippen molar-refractivity contribution in [2.75, 3.05) is 0 Å². The van der Waals surface area contributed by atoms with E-state index in [9.17, 15) is 4.79 Å². The van der Waals surface area contributed by atoms with Crippen molar-refractivity contribution in [2.24, 2.45) is 12.0 Å². The maximum atomic E-state index is 12.0. The molecule has 1 amide bonds. The molecule has 0 atom stereocenters. The van der Waals surface area contributed by atoms with E-state index in [4.69, 9.17) is 0 Å². The first kappa shape index (κ1) is 13.6. The molecule has 3 rings (SSSR count). The standard InChI is InChI=1S/C16H15N3OS/c1-18-10-11-21-16(18)17-15(20)12-13-4-6-14(7-5-13)19-8-2-3-9-19/h2-11H,12H2,1H3. The first-order valence-electron chi connectivity index (χ1n) is 6.62. The van der Waals surface area contributed by atoms with Crippen LogP contribution in [-0.4, -0.2) is 15.0 Å². The van der Waals surface area contributed by atoms with E-state index < -0.39 is 0 Å². The van der Waals surface area contributed by atoms with E-state index in [0.717, 1.165) is 16.1 Å². The normalized spacial score (nSPS) is 11.8. The van der Waals surface area contributed by atoms with Gasteiger partial charge in [0.2, 0.25) is 0 Å². The van der Waals surface area contributed by atoms with E-state index in [1.807, 2.05) is 76.6 Å². The smallest absolute Gasteiger partial charge is 0.252 e. The number of rotatable bonds is 3. The first-order chi connectivity index (χ1) is 10.2. The van der Waals surface area contributed by atoms with Crippen LogP contribution in [-0.2, 0) is 18.3 Å². The minimum absolute atomic E-state index is 0.123. The Bertz CT molecular complexity index is 795. The van der Waals surface area contributed by atoms with Crippen LogP contribution >= 0.6 is 11.3 Å². The first-order valence-corrected chi connectivity index (χ1v) is 7.50. The lowest BCUT2D eigenvalue weighted by Gasteiger charge is -2.04. The van der Waals surface area contributed by atoms with Crippen molar-refractivity contribution < 1.29 is 4.79 Å². The second-order valence-electron chi connectivity index (χ2n) is 4.74. The monoisotopic (exact) mass is 297 g/mol. The fraction of sp³-hybridized carbons (Fsp3) is 0.125. The topological polar surface area (TPSA) is 39.3 Å². The van der Waals surface area contributed by atoms with Gasteiger partial charge in [0.25, 0.3) is 5.91 Å². The Morgan fingerprint density at radius 1 is 1.14 bits per heavy atom. The van der Waals surface area contributed by atoms with E-state index >= 15 is 0 Å². The second kappa shape index (κ2) is 5.93. The molecule has 0 aliphatic rings. The summed E-state index contributed by atoms with van der Waals surface area (Å²) < 4.78 is 3.87. The number of aryl methyl sites for hydroxylation is 1. The number of carbonyl (C=O) groups is 1. The fourth-order valence-electron chi connectivity index (χ4n) is 2.05. The number of hydrogen-bond donors (Lipinski definition) is 0. The third-order valence-electron chi connectivity index (χ3n) is 3.17. The summed E-state index contributed by atoms with van der Waals surface area (Å²) in [6.45, 7) is 0. The zero-order chi connectivity index (χ0) is 14.7. The highest BCUT2D eigenvalue weighted by Gasteiger charge is 2.03. The molecule has 0 aliphatic carbocycles. The van der Waals surface area contributed by atoms with Crippen LogP contribution < -0.4 is 4.80 Å².